The number of ether oxygens (including phenoxy) is 1. The van der Waals surface area contributed by atoms with Crippen molar-refractivity contribution in [3.05, 3.63) is 62.4 Å². The Balaban J connectivity index is 2.31. The molecule has 3 aromatic rings. The number of halogens is 2. The molecule has 4 nitrogen and oxygen atoms in total. The summed E-state index contributed by atoms with van der Waals surface area (Å²) in [5.41, 5.74) is 0.967. The van der Waals surface area contributed by atoms with Crippen LogP contribution in [0.1, 0.15) is 53.5 Å². The number of esters is 1. The molecule has 7 heteroatoms. The molecule has 0 saturated carbocycles. The smallest absolute Gasteiger partial charge is 0.356 e. The molecule has 0 aliphatic carbocycles. The number of hydrogen-bond acceptors (Lipinski definition) is 4. The summed E-state index contributed by atoms with van der Waals surface area (Å²) in [4.78, 5) is 26.1. The van der Waals surface area contributed by atoms with Gasteiger partial charge in [-0.1, -0.05) is 37.7 Å². The van der Waals surface area contributed by atoms with Crippen LogP contribution in [0.15, 0.2) is 29.1 Å². The van der Waals surface area contributed by atoms with Gasteiger partial charge in [0, 0.05) is 28.5 Å². The van der Waals surface area contributed by atoms with Gasteiger partial charge in [-0.3, -0.25) is 9.20 Å². The van der Waals surface area contributed by atoms with Gasteiger partial charge in [-0.15, -0.1) is 11.3 Å². The topological polar surface area (TPSA) is 47.8 Å². The number of nitrogens with zero attached hydrogens (tertiary/aromatic N) is 1. The molecule has 0 N–H and O–H groups in total. The highest BCUT2D eigenvalue weighted by atomic mass is 32.1. The maximum atomic E-state index is 14.0. The van der Waals surface area contributed by atoms with E-state index in [0.717, 1.165) is 31.4 Å². The van der Waals surface area contributed by atoms with Gasteiger partial charge in [0.25, 0.3) is 5.56 Å². The first-order valence-electron chi connectivity index (χ1n) is 9.60. The molecule has 0 atom stereocenters. The number of aryl methyl sites for hydroxylation is 1. The molecule has 0 radical (unpaired) electrons. The maximum absolute atomic E-state index is 14.0. The third-order valence-electron chi connectivity index (χ3n) is 4.70. The van der Waals surface area contributed by atoms with Crippen LogP contribution in [0.2, 0.25) is 0 Å². The highest BCUT2D eigenvalue weighted by Crippen LogP contribution is 2.34. The second kappa shape index (κ2) is 9.23. The average Bonchev–Trinajstić information content (AvgIpc) is 3.07. The first kappa shape index (κ1) is 21.7. The Kier molecular flexibility index (Phi) is 6.68. The van der Waals surface area contributed by atoms with E-state index in [0.29, 0.717) is 32.8 Å². The lowest BCUT2D eigenvalue weighted by Crippen LogP contribution is -2.19. The minimum absolute atomic E-state index is 0.119. The minimum Gasteiger partial charge on any atom is -0.464 e. The lowest BCUT2D eigenvalue weighted by atomic mass is 10.0. The largest absolute Gasteiger partial charge is 0.464 e. The van der Waals surface area contributed by atoms with E-state index in [1.165, 1.54) is 35.0 Å². The standard InChI is InChI=1S/C23H21F2NO3S/c1-4-5-6-7-8-9-15-13-19(27)26-21(23(28)29-3)14(2)30-22(26)20(15)16-10-11-17(24)18(25)12-16/h10-13H,4-7H2,1-3H3. The normalized spacial score (nSPS) is 10.7. The quantitative estimate of drug-likeness (QED) is 0.313. The van der Waals surface area contributed by atoms with Gasteiger partial charge in [0.05, 0.1) is 7.11 Å². The minimum atomic E-state index is -1.000. The molecule has 0 fully saturated rings. The molecular formula is C23H21F2NO3S. The maximum Gasteiger partial charge on any atom is 0.356 e. The van der Waals surface area contributed by atoms with Crippen LogP contribution in [0.25, 0.3) is 16.0 Å². The molecule has 0 aliphatic heterocycles. The first-order valence-corrected chi connectivity index (χ1v) is 10.4. The molecule has 0 spiro atoms. The first-order chi connectivity index (χ1) is 14.4. The lowest BCUT2D eigenvalue weighted by molar-refractivity contribution is 0.0592. The van der Waals surface area contributed by atoms with Crippen molar-refractivity contribution in [2.45, 2.75) is 39.5 Å². The Morgan fingerprint density at radius 1 is 1.20 bits per heavy atom. The van der Waals surface area contributed by atoms with Gasteiger partial charge >= 0.3 is 5.97 Å². The number of thiazole rings is 1. The Bertz CT molecular complexity index is 1230. The summed E-state index contributed by atoms with van der Waals surface area (Å²) < 4.78 is 33.6. The number of benzene rings is 1. The molecule has 2 heterocycles. The van der Waals surface area contributed by atoms with E-state index in [1.54, 1.807) is 6.92 Å². The summed E-state index contributed by atoms with van der Waals surface area (Å²) >= 11 is 1.21. The zero-order chi connectivity index (χ0) is 21.8. The van der Waals surface area contributed by atoms with Crippen LogP contribution in [-0.4, -0.2) is 17.5 Å². The number of carbonyl (C=O) groups excluding carboxylic acids is 1. The zero-order valence-electron chi connectivity index (χ0n) is 17.0. The van der Waals surface area contributed by atoms with Crippen LogP contribution < -0.4 is 5.56 Å². The summed E-state index contributed by atoms with van der Waals surface area (Å²) in [7, 11) is 1.24. The highest BCUT2D eigenvalue weighted by molar-refractivity contribution is 7.18. The molecule has 1 aromatic carbocycles. The van der Waals surface area contributed by atoms with Crippen LogP contribution in [0, 0.1) is 30.4 Å². The zero-order valence-corrected chi connectivity index (χ0v) is 17.8. The SMILES string of the molecule is CCCCCC#Cc1cc(=O)n2c(C(=O)OC)c(C)sc2c1-c1ccc(F)c(F)c1. The van der Waals surface area contributed by atoms with Crippen molar-refractivity contribution in [2.75, 3.05) is 7.11 Å². The fraction of sp³-hybridized carbons (Fsp3) is 0.304. The van der Waals surface area contributed by atoms with Crippen molar-refractivity contribution >= 4 is 22.1 Å². The van der Waals surface area contributed by atoms with Crippen molar-refractivity contribution in [2.24, 2.45) is 0 Å². The Hall–Kier alpha value is -2.98. The molecule has 30 heavy (non-hydrogen) atoms. The van der Waals surface area contributed by atoms with E-state index < -0.39 is 23.2 Å². The Morgan fingerprint density at radius 2 is 1.97 bits per heavy atom. The number of fused-ring (bicyclic) bond motifs is 1. The number of methoxy groups -OCH3 is 1. The average molecular weight is 429 g/mol. The molecular weight excluding hydrogens is 408 g/mol. The van der Waals surface area contributed by atoms with Gasteiger partial charge in [0.15, 0.2) is 11.6 Å². The Labute approximate surface area is 177 Å². The number of carbonyl (C=O) groups is 1. The number of pyridine rings is 1. The van der Waals surface area contributed by atoms with E-state index in [4.69, 9.17) is 4.74 Å². The molecule has 0 saturated heterocycles. The van der Waals surface area contributed by atoms with Crippen molar-refractivity contribution in [3.8, 4) is 23.0 Å². The van der Waals surface area contributed by atoms with Crippen molar-refractivity contribution in [3.63, 3.8) is 0 Å². The number of rotatable bonds is 5. The van der Waals surface area contributed by atoms with Gasteiger partial charge in [0.1, 0.15) is 10.5 Å². The second-order valence-electron chi connectivity index (χ2n) is 6.80. The van der Waals surface area contributed by atoms with E-state index in [2.05, 4.69) is 18.8 Å². The van der Waals surface area contributed by atoms with E-state index in [9.17, 15) is 18.4 Å². The van der Waals surface area contributed by atoms with Crippen molar-refractivity contribution < 1.29 is 18.3 Å². The molecule has 3 rings (SSSR count). The molecule has 0 amide bonds. The summed E-state index contributed by atoms with van der Waals surface area (Å²) in [5.74, 6) is 3.48. The third-order valence-corrected chi connectivity index (χ3v) is 5.78. The molecule has 156 valence electrons. The van der Waals surface area contributed by atoms with Gasteiger partial charge in [-0.05, 0) is 31.0 Å². The summed E-state index contributed by atoms with van der Waals surface area (Å²) in [5, 5.41) is 0. The van der Waals surface area contributed by atoms with E-state index in [1.807, 2.05) is 0 Å². The highest BCUT2D eigenvalue weighted by Gasteiger charge is 2.23. The van der Waals surface area contributed by atoms with Crippen LogP contribution in [0.5, 0.6) is 0 Å². The summed E-state index contributed by atoms with van der Waals surface area (Å²) in [6.07, 6.45) is 3.73. The molecule has 0 unspecified atom stereocenters. The second-order valence-corrected chi connectivity index (χ2v) is 8.00. The fourth-order valence-electron chi connectivity index (χ4n) is 3.23. The van der Waals surface area contributed by atoms with Crippen molar-refractivity contribution in [1.82, 2.24) is 4.40 Å². The van der Waals surface area contributed by atoms with Crippen molar-refractivity contribution in [1.29, 1.82) is 0 Å². The van der Waals surface area contributed by atoms with Crippen LogP contribution in [0.4, 0.5) is 8.78 Å². The van der Waals surface area contributed by atoms with Crippen LogP contribution >= 0.6 is 11.3 Å². The molecule has 2 aromatic heterocycles. The van der Waals surface area contributed by atoms with Gasteiger partial charge < -0.3 is 4.74 Å². The van der Waals surface area contributed by atoms with E-state index >= 15 is 0 Å². The number of aromatic nitrogens is 1. The molecule has 0 aliphatic rings. The van der Waals surface area contributed by atoms with E-state index in [-0.39, 0.29) is 5.69 Å². The number of hydrogen-bond donors (Lipinski definition) is 0. The van der Waals surface area contributed by atoms with Gasteiger partial charge in [0.2, 0.25) is 0 Å². The summed E-state index contributed by atoms with van der Waals surface area (Å²) in [6, 6.07) is 4.87. The monoisotopic (exact) mass is 429 g/mol. The van der Waals surface area contributed by atoms with Gasteiger partial charge in [-0.25, -0.2) is 13.6 Å². The predicted octanol–water partition coefficient (Wildman–Crippen LogP) is 5.33. The Morgan fingerprint density at radius 3 is 2.63 bits per heavy atom. The summed E-state index contributed by atoms with van der Waals surface area (Å²) in [6.45, 7) is 3.80. The third kappa shape index (κ3) is 4.14. The van der Waals surface area contributed by atoms with Crippen LogP contribution in [0.3, 0.4) is 0 Å². The predicted molar refractivity (Wildman–Crippen MR) is 114 cm³/mol. The lowest BCUT2D eigenvalue weighted by Gasteiger charge is -2.09. The van der Waals surface area contributed by atoms with Gasteiger partial charge in [-0.2, -0.15) is 0 Å². The molecule has 0 bridgehead atoms. The fourth-order valence-corrected chi connectivity index (χ4v) is 4.39. The van der Waals surface area contributed by atoms with Crippen LogP contribution in [-0.2, 0) is 4.74 Å². The number of unbranched alkanes of at least 4 members (excludes halogenated alkanes) is 3.